The number of aliphatic hydroxyl groups is 1. The minimum absolute atomic E-state index is 0.0488. The van der Waals surface area contributed by atoms with E-state index in [1.54, 1.807) is 101 Å². The molecular formula is C82H114N22O14. The second kappa shape index (κ2) is 45.9. The standard InChI is InChI=1S/C82H114N22O14/c1-5-49(4)69-80(117)92-58(70(85)107)32-17-15-29-54-45-103(102-101-54)46-64(72(109)90-44-67(106)91-59(74(111)100-69)34-21-37-88-82(86)87)97-75(112)61(40-51-25-11-7-12-26-51)94-73(110)60(33-19-20-36-83)93-78(115)65(47-105)98-76(113)62(41-52-27-13-8-14-28-52)95-77(114)63(42-53-43-89-57-31-18-16-30-55(53)57)96-79(116)66-35-22-38-104(66)81(118)68(48(2)3)99-71(108)56(84)39-50-23-9-6-10-24-50/h6-14,16,18,23-28,30-31,43,45,48-49,56,58-66,68-69,89,105H,5,15,17,19-22,29,32-42,44,46-47,83-84H2,1-4H3,(H2,85,107)(H,90,109)(H,91,106)(H,92,117)(H,93,115)(H,94,110)(H,95,114)(H,96,116)(H,97,112)(H,98,113)(H,99,108)(H,100,111)(H4,86,87,88)/t49-,56-,58-,59-,60-,61-,62-,63-,64+,65-,66-,68-,69-/m0/s1. The number of para-hydroxylation sites is 1. The molecule has 8 rings (SSSR count). The van der Waals surface area contributed by atoms with Gasteiger partial charge < -0.3 is 102 Å². The third-order valence-electron chi connectivity index (χ3n) is 20.9. The van der Waals surface area contributed by atoms with E-state index in [1.165, 1.54) is 15.8 Å². The molecule has 36 nitrogen and oxygen atoms in total. The molecule has 0 saturated carbocycles. The van der Waals surface area contributed by atoms with Gasteiger partial charge in [-0.25, -0.2) is 4.68 Å². The van der Waals surface area contributed by atoms with E-state index in [-0.39, 0.29) is 89.8 Å². The van der Waals surface area contributed by atoms with E-state index in [1.807, 2.05) is 48.5 Å². The summed E-state index contributed by atoms with van der Waals surface area (Å²) < 4.78 is 1.28. The van der Waals surface area contributed by atoms with Crippen LogP contribution in [-0.4, -0.2) is 218 Å². The van der Waals surface area contributed by atoms with Gasteiger partial charge in [0.1, 0.15) is 66.5 Å². The summed E-state index contributed by atoms with van der Waals surface area (Å²) in [6.07, 6.45) is 5.76. The summed E-state index contributed by atoms with van der Waals surface area (Å²) in [7, 11) is 0. The van der Waals surface area contributed by atoms with Crippen LogP contribution in [0.3, 0.4) is 0 Å². The van der Waals surface area contributed by atoms with E-state index >= 15 is 9.59 Å². The number of aromatic amines is 1. The predicted molar refractivity (Wildman–Crippen MR) is 438 cm³/mol. The van der Waals surface area contributed by atoms with Crippen LogP contribution in [0.2, 0.25) is 0 Å². The number of likely N-dealkylation sites (tertiary alicyclic amines) is 1. The molecule has 0 radical (unpaired) electrons. The van der Waals surface area contributed by atoms with Crippen molar-refractivity contribution in [3.63, 3.8) is 0 Å². The van der Waals surface area contributed by atoms with Gasteiger partial charge in [0, 0.05) is 55.6 Å². The highest BCUT2D eigenvalue weighted by Crippen LogP contribution is 2.24. The monoisotopic (exact) mass is 1630 g/mol. The van der Waals surface area contributed by atoms with Gasteiger partial charge >= 0.3 is 0 Å². The molecule has 23 N–H and O–H groups in total. The Hall–Kier alpha value is -12.2. The fourth-order valence-corrected chi connectivity index (χ4v) is 14.1. The number of hydrogen-bond acceptors (Lipinski definition) is 19. The minimum atomic E-state index is -1.80. The number of unbranched alkanes of at least 4 members (excludes halogenated alkanes) is 1. The fourth-order valence-electron chi connectivity index (χ4n) is 14.1. The number of primary amides is 1. The number of benzene rings is 4. The number of carbonyl (C=O) groups is 13. The maximum absolute atomic E-state index is 15.2. The SMILES string of the molecule is CC[C@H](C)[C@@H]1NC(=O)[C@H](CCCNC(=N)N)NC(=O)CNC(=O)[C@H](NC(=O)[C@H](Cc2ccccc2)NC(=O)[C@H](CCCCN)NC(=O)[C@H](CO)NC(=O)[C@H](Cc2ccccc2)NC(=O)[C@H](Cc2c[nH]c3ccccc23)NC(=O)[C@@H]2CCCN2C(=O)[C@@H](NC(=O)[C@@H](N)Cc2ccccc2)C(C)C)Cn2cc(nn2)CCCC[C@@H](C(N)=O)NC1=O. The number of guanidine groups is 1. The Morgan fingerprint density at radius 1 is 0.636 bits per heavy atom. The molecule has 0 unspecified atom stereocenters. The number of aryl methyl sites for hydroxylation is 1. The Morgan fingerprint density at radius 2 is 1.23 bits per heavy atom. The molecule has 2 aromatic heterocycles. The molecule has 4 heterocycles. The lowest BCUT2D eigenvalue weighted by atomic mass is 9.96. The molecule has 0 aliphatic carbocycles. The number of nitrogens with one attached hydrogen (secondary N) is 14. The first kappa shape index (κ1) is 91.3. The van der Waals surface area contributed by atoms with Gasteiger partial charge in [-0.15, -0.1) is 5.10 Å². The van der Waals surface area contributed by atoms with Crippen molar-refractivity contribution in [2.45, 2.75) is 209 Å². The van der Waals surface area contributed by atoms with Gasteiger partial charge in [0.05, 0.1) is 31.4 Å². The van der Waals surface area contributed by atoms with Crippen LogP contribution in [0.1, 0.15) is 126 Å². The summed E-state index contributed by atoms with van der Waals surface area (Å²) in [6, 6.07) is 17.4. The van der Waals surface area contributed by atoms with Crippen molar-refractivity contribution >= 4 is 93.7 Å². The fraction of sp³-hybridized carbons (Fsp3) is 0.488. The van der Waals surface area contributed by atoms with E-state index < -0.39 is 181 Å². The number of fused-ring (bicyclic) bond motifs is 3. The topological polar surface area (TPSA) is 564 Å². The highest BCUT2D eigenvalue weighted by Gasteiger charge is 2.42. The molecule has 0 spiro atoms. The zero-order valence-corrected chi connectivity index (χ0v) is 67.1. The van der Waals surface area contributed by atoms with Crippen LogP contribution in [0.4, 0.5) is 0 Å². The molecule has 36 heteroatoms. The Morgan fingerprint density at radius 3 is 1.85 bits per heavy atom. The summed E-state index contributed by atoms with van der Waals surface area (Å²) >= 11 is 0. The third-order valence-corrected chi connectivity index (χ3v) is 20.9. The summed E-state index contributed by atoms with van der Waals surface area (Å²) in [5, 5.41) is 60.2. The molecule has 2 bridgehead atoms. The van der Waals surface area contributed by atoms with Crippen LogP contribution in [0.15, 0.2) is 128 Å². The molecule has 13 amide bonds. The molecule has 4 aromatic carbocycles. The molecule has 636 valence electrons. The Kier molecular flexibility index (Phi) is 35.6. The zero-order valence-electron chi connectivity index (χ0n) is 67.1. The minimum Gasteiger partial charge on any atom is -0.394 e. The summed E-state index contributed by atoms with van der Waals surface area (Å²) in [5.74, 6) is -11.8. The summed E-state index contributed by atoms with van der Waals surface area (Å²) in [4.78, 5) is 192. The van der Waals surface area contributed by atoms with Crippen molar-refractivity contribution in [3.05, 3.63) is 156 Å². The van der Waals surface area contributed by atoms with Crippen molar-refractivity contribution in [2.24, 2.45) is 34.8 Å². The van der Waals surface area contributed by atoms with Gasteiger partial charge in [-0.1, -0.05) is 155 Å². The van der Waals surface area contributed by atoms with Crippen LogP contribution in [-0.2, 0) is 101 Å². The van der Waals surface area contributed by atoms with E-state index in [0.29, 0.717) is 60.9 Å². The lowest BCUT2D eigenvalue weighted by molar-refractivity contribution is -0.143. The summed E-state index contributed by atoms with van der Waals surface area (Å²) in [5.41, 5.74) is 27.3. The average molecular weight is 1630 g/mol. The molecule has 2 aliphatic heterocycles. The number of nitrogens with zero attached hydrogens (tertiary/aromatic N) is 4. The molecule has 118 heavy (non-hydrogen) atoms. The van der Waals surface area contributed by atoms with Gasteiger partial charge in [0.2, 0.25) is 76.8 Å². The number of H-pyrrole nitrogens is 1. The van der Waals surface area contributed by atoms with E-state index in [4.69, 9.17) is 28.3 Å². The maximum atomic E-state index is 15.2. The van der Waals surface area contributed by atoms with Crippen molar-refractivity contribution < 1.29 is 67.4 Å². The van der Waals surface area contributed by atoms with Crippen LogP contribution < -0.4 is 86.7 Å². The molecule has 13 atom stereocenters. The Bertz CT molecular complexity index is 4400. The third kappa shape index (κ3) is 27.8. The first-order valence-corrected chi connectivity index (χ1v) is 40.2. The number of carbonyl (C=O) groups excluding carboxylic acids is 13. The maximum Gasteiger partial charge on any atom is 0.246 e. The van der Waals surface area contributed by atoms with Gasteiger partial charge in [-0.2, -0.15) is 0 Å². The number of aromatic nitrogens is 4. The highest BCUT2D eigenvalue weighted by atomic mass is 16.3. The number of aliphatic hydroxyl groups excluding tert-OH is 1. The molecule has 6 aromatic rings. The largest absolute Gasteiger partial charge is 0.394 e. The predicted octanol–water partition coefficient (Wildman–Crippen LogP) is -1.69. The summed E-state index contributed by atoms with van der Waals surface area (Å²) in [6.45, 7) is 5.29. The number of hydrogen-bond donors (Lipinski definition) is 19. The Balaban J connectivity index is 1.01. The van der Waals surface area contributed by atoms with Gasteiger partial charge in [0.15, 0.2) is 5.96 Å². The number of rotatable bonds is 36. The second-order valence-corrected chi connectivity index (χ2v) is 30.3. The van der Waals surface area contributed by atoms with E-state index in [9.17, 15) is 57.8 Å². The van der Waals surface area contributed by atoms with Gasteiger partial charge in [0.25, 0.3) is 0 Å². The smallest absolute Gasteiger partial charge is 0.246 e. The molecular weight excluding hydrogens is 1520 g/mol. The lowest BCUT2D eigenvalue weighted by Crippen LogP contribution is -2.61. The van der Waals surface area contributed by atoms with Crippen LogP contribution in [0.5, 0.6) is 0 Å². The van der Waals surface area contributed by atoms with Crippen molar-refractivity contribution in [3.8, 4) is 0 Å². The normalized spacial score (nSPS) is 19.1. The van der Waals surface area contributed by atoms with Crippen molar-refractivity contribution in [1.82, 2.24) is 88.7 Å². The van der Waals surface area contributed by atoms with E-state index in [0.717, 1.165) is 16.5 Å². The first-order chi connectivity index (χ1) is 56.6. The van der Waals surface area contributed by atoms with Crippen LogP contribution >= 0.6 is 0 Å². The van der Waals surface area contributed by atoms with Crippen molar-refractivity contribution in [1.29, 1.82) is 5.41 Å². The van der Waals surface area contributed by atoms with Gasteiger partial charge in [-0.3, -0.25) is 67.7 Å². The number of amides is 13. The lowest BCUT2D eigenvalue weighted by Gasteiger charge is -2.32. The highest BCUT2D eigenvalue weighted by molar-refractivity contribution is 6.00. The molecule has 1 fully saturated rings. The quantitative estimate of drug-likeness (QED) is 0.0119. The van der Waals surface area contributed by atoms with Gasteiger partial charge in [-0.05, 0) is 117 Å². The second-order valence-electron chi connectivity index (χ2n) is 30.3. The van der Waals surface area contributed by atoms with E-state index in [2.05, 4.69) is 79.1 Å². The van der Waals surface area contributed by atoms with Crippen molar-refractivity contribution in [2.75, 3.05) is 32.8 Å². The van der Waals surface area contributed by atoms with Crippen LogP contribution in [0.25, 0.3) is 10.9 Å². The zero-order chi connectivity index (χ0) is 85.4. The average Bonchev–Trinajstić information content (AvgIpc) is 1.61. The molecule has 2 aliphatic rings. The molecule has 1 saturated heterocycles. The number of nitrogens with two attached hydrogens (primary N) is 4. The first-order valence-electron chi connectivity index (χ1n) is 40.2. The Labute approximate surface area is 684 Å². The van der Waals surface area contributed by atoms with Crippen LogP contribution in [0, 0.1) is 17.2 Å².